The van der Waals surface area contributed by atoms with Crippen molar-refractivity contribution in [1.82, 2.24) is 9.97 Å². The van der Waals surface area contributed by atoms with Crippen LogP contribution in [-0.2, 0) is 9.59 Å². The van der Waals surface area contributed by atoms with E-state index in [4.69, 9.17) is 16.3 Å². The number of aromatic nitrogens is 2. The zero-order valence-electron chi connectivity index (χ0n) is 12.8. The summed E-state index contributed by atoms with van der Waals surface area (Å²) in [4.78, 5) is 30.6. The van der Waals surface area contributed by atoms with E-state index in [0.29, 0.717) is 5.13 Å². The lowest BCUT2D eigenvalue weighted by Crippen LogP contribution is -2.04. The molecule has 24 heavy (non-hydrogen) atoms. The van der Waals surface area contributed by atoms with Crippen LogP contribution in [-0.4, -0.2) is 21.8 Å². The van der Waals surface area contributed by atoms with E-state index in [1.54, 1.807) is 12.3 Å². The molecule has 0 bridgehead atoms. The molecule has 0 fully saturated rings. The van der Waals surface area contributed by atoms with Gasteiger partial charge in [-0.15, -0.1) is 0 Å². The number of nitrogens with one attached hydrogen (secondary N) is 1. The number of nitrogens with zero attached hydrogens (tertiary/aromatic N) is 2. The predicted octanol–water partition coefficient (Wildman–Crippen LogP) is 3.90. The third-order valence-electron chi connectivity index (χ3n) is 3.07. The quantitative estimate of drug-likeness (QED) is 0.565. The fourth-order valence-corrected chi connectivity index (χ4v) is 3.21. The van der Waals surface area contributed by atoms with Crippen molar-refractivity contribution in [1.29, 1.82) is 0 Å². The first-order valence-electron chi connectivity index (χ1n) is 6.95. The lowest BCUT2D eigenvalue weighted by atomic mass is 10.1. The Morgan fingerprint density at radius 1 is 1.21 bits per heavy atom. The Labute approximate surface area is 146 Å². The smallest absolute Gasteiger partial charge is 0.308 e. The van der Waals surface area contributed by atoms with Crippen LogP contribution in [0, 0.1) is 0 Å². The van der Waals surface area contributed by atoms with Gasteiger partial charge in [0.15, 0.2) is 16.0 Å². The van der Waals surface area contributed by atoms with Crippen LogP contribution in [0.1, 0.15) is 13.8 Å². The molecular weight excluding hydrogens is 350 g/mol. The number of anilines is 1. The van der Waals surface area contributed by atoms with Crippen LogP contribution in [0.2, 0.25) is 5.15 Å². The van der Waals surface area contributed by atoms with Crippen molar-refractivity contribution < 1.29 is 14.3 Å². The van der Waals surface area contributed by atoms with Crippen molar-refractivity contribution >= 4 is 50.2 Å². The van der Waals surface area contributed by atoms with Crippen LogP contribution < -0.4 is 10.1 Å². The highest BCUT2D eigenvalue weighted by molar-refractivity contribution is 7.22. The molecule has 0 aliphatic rings. The molecule has 0 saturated carbocycles. The lowest BCUT2D eigenvalue weighted by molar-refractivity contribution is -0.131. The van der Waals surface area contributed by atoms with Crippen LogP contribution in [0.5, 0.6) is 5.75 Å². The van der Waals surface area contributed by atoms with Crippen molar-refractivity contribution in [2.75, 3.05) is 5.32 Å². The molecule has 1 amide bonds. The van der Waals surface area contributed by atoms with Crippen LogP contribution in [0.25, 0.3) is 21.3 Å². The Kier molecular flexibility index (Phi) is 4.46. The van der Waals surface area contributed by atoms with Crippen molar-refractivity contribution in [3.8, 4) is 16.9 Å². The Balaban J connectivity index is 1.99. The molecule has 1 aromatic carbocycles. The van der Waals surface area contributed by atoms with Crippen LogP contribution >= 0.6 is 22.9 Å². The van der Waals surface area contributed by atoms with E-state index in [0.717, 1.165) is 21.3 Å². The molecule has 3 rings (SSSR count). The number of amides is 1. The second kappa shape index (κ2) is 6.54. The SMILES string of the molecule is CC(=O)Nc1nc2ccc(-c3cnc(Cl)c(OC(C)=O)c3)cc2s1. The summed E-state index contributed by atoms with van der Waals surface area (Å²) in [6.45, 7) is 2.74. The van der Waals surface area contributed by atoms with E-state index in [2.05, 4.69) is 15.3 Å². The third-order valence-corrected chi connectivity index (χ3v) is 4.28. The van der Waals surface area contributed by atoms with Gasteiger partial charge in [0.25, 0.3) is 0 Å². The van der Waals surface area contributed by atoms with Crippen molar-refractivity contribution in [2.24, 2.45) is 0 Å². The molecule has 6 nitrogen and oxygen atoms in total. The maximum absolute atomic E-state index is 11.1. The minimum Gasteiger partial charge on any atom is -0.423 e. The van der Waals surface area contributed by atoms with Gasteiger partial charge in [-0.1, -0.05) is 29.0 Å². The monoisotopic (exact) mass is 361 g/mol. The molecule has 1 N–H and O–H groups in total. The third kappa shape index (κ3) is 3.52. The topological polar surface area (TPSA) is 81.2 Å². The van der Waals surface area contributed by atoms with E-state index in [-0.39, 0.29) is 16.8 Å². The van der Waals surface area contributed by atoms with Crippen LogP contribution in [0.15, 0.2) is 30.5 Å². The summed E-state index contributed by atoms with van der Waals surface area (Å²) in [6, 6.07) is 7.32. The highest BCUT2D eigenvalue weighted by Crippen LogP contribution is 2.33. The summed E-state index contributed by atoms with van der Waals surface area (Å²) in [7, 11) is 0. The molecule has 3 aromatic rings. The van der Waals surface area contributed by atoms with E-state index in [9.17, 15) is 9.59 Å². The number of pyridine rings is 1. The molecule has 8 heteroatoms. The van der Waals surface area contributed by atoms with Gasteiger partial charge in [0.05, 0.1) is 10.2 Å². The number of ether oxygens (including phenoxy) is 1. The highest BCUT2D eigenvalue weighted by atomic mass is 35.5. The number of thiazole rings is 1. The molecule has 122 valence electrons. The number of esters is 1. The van der Waals surface area contributed by atoms with Gasteiger partial charge in [0, 0.05) is 25.6 Å². The second-order valence-corrected chi connectivity index (χ2v) is 6.38. The molecule has 0 aliphatic carbocycles. The molecule has 0 unspecified atom stereocenters. The maximum Gasteiger partial charge on any atom is 0.308 e. The number of carbonyl (C=O) groups excluding carboxylic acids is 2. The van der Waals surface area contributed by atoms with Gasteiger partial charge in [-0.3, -0.25) is 9.59 Å². The van der Waals surface area contributed by atoms with Gasteiger partial charge in [-0.05, 0) is 23.8 Å². The Morgan fingerprint density at radius 2 is 2.00 bits per heavy atom. The second-order valence-electron chi connectivity index (χ2n) is 4.99. The van der Waals surface area contributed by atoms with Crippen LogP contribution in [0.3, 0.4) is 0 Å². The zero-order chi connectivity index (χ0) is 17.3. The first kappa shape index (κ1) is 16.4. The highest BCUT2D eigenvalue weighted by Gasteiger charge is 2.11. The van der Waals surface area contributed by atoms with Crippen molar-refractivity contribution in [3.63, 3.8) is 0 Å². The summed E-state index contributed by atoms with van der Waals surface area (Å²) < 4.78 is 5.97. The predicted molar refractivity (Wildman–Crippen MR) is 93.5 cm³/mol. The van der Waals surface area contributed by atoms with E-state index in [1.807, 2.05) is 18.2 Å². The Hall–Kier alpha value is -2.51. The molecule has 2 heterocycles. The normalized spacial score (nSPS) is 10.6. The summed E-state index contributed by atoms with van der Waals surface area (Å²) >= 11 is 7.32. The number of halogens is 1. The molecule has 2 aromatic heterocycles. The lowest BCUT2D eigenvalue weighted by Gasteiger charge is -2.06. The van der Waals surface area contributed by atoms with Gasteiger partial charge in [0.1, 0.15) is 0 Å². The minimum absolute atomic E-state index is 0.126. The Morgan fingerprint density at radius 3 is 2.71 bits per heavy atom. The summed E-state index contributed by atoms with van der Waals surface area (Å²) in [5.41, 5.74) is 2.42. The number of benzene rings is 1. The molecular formula is C16H12ClN3O3S. The number of hydrogen-bond acceptors (Lipinski definition) is 6. The fraction of sp³-hybridized carbons (Fsp3) is 0.125. The average molecular weight is 362 g/mol. The molecule has 0 aliphatic heterocycles. The average Bonchev–Trinajstić information content (AvgIpc) is 2.89. The molecule has 0 radical (unpaired) electrons. The molecule has 0 atom stereocenters. The number of carbonyl (C=O) groups is 2. The van der Waals surface area contributed by atoms with Crippen molar-refractivity contribution in [2.45, 2.75) is 13.8 Å². The van der Waals surface area contributed by atoms with Crippen molar-refractivity contribution in [3.05, 3.63) is 35.6 Å². The largest absolute Gasteiger partial charge is 0.423 e. The van der Waals surface area contributed by atoms with Gasteiger partial charge in [-0.25, -0.2) is 9.97 Å². The maximum atomic E-state index is 11.1. The Bertz CT molecular complexity index is 955. The summed E-state index contributed by atoms with van der Waals surface area (Å²) in [5, 5.41) is 3.34. The first-order chi connectivity index (χ1) is 11.4. The number of fused-ring (bicyclic) bond motifs is 1. The fourth-order valence-electron chi connectivity index (χ4n) is 2.12. The first-order valence-corrected chi connectivity index (χ1v) is 8.14. The summed E-state index contributed by atoms with van der Waals surface area (Å²) in [5.74, 6) is -0.416. The van der Waals surface area contributed by atoms with Gasteiger partial charge >= 0.3 is 5.97 Å². The number of hydrogen-bond donors (Lipinski definition) is 1. The van der Waals surface area contributed by atoms with E-state index < -0.39 is 5.97 Å². The van der Waals surface area contributed by atoms with Crippen LogP contribution in [0.4, 0.5) is 5.13 Å². The van der Waals surface area contributed by atoms with Gasteiger partial charge < -0.3 is 10.1 Å². The zero-order valence-corrected chi connectivity index (χ0v) is 14.4. The minimum atomic E-state index is -0.464. The van der Waals surface area contributed by atoms with Gasteiger partial charge in [0.2, 0.25) is 5.91 Å². The number of rotatable bonds is 3. The molecule has 0 saturated heterocycles. The van der Waals surface area contributed by atoms with E-state index in [1.165, 1.54) is 25.2 Å². The van der Waals surface area contributed by atoms with Gasteiger partial charge in [-0.2, -0.15) is 0 Å². The van der Waals surface area contributed by atoms with E-state index >= 15 is 0 Å². The standard InChI is InChI=1S/C16H12ClN3O3S/c1-8(21)19-16-20-12-4-3-10(6-14(12)24-16)11-5-13(23-9(2)22)15(17)18-7-11/h3-7H,1-2H3,(H,19,20,21). The molecule has 0 spiro atoms. The summed E-state index contributed by atoms with van der Waals surface area (Å²) in [6.07, 6.45) is 1.60.